The molecule has 0 saturated heterocycles. The van der Waals surface area contributed by atoms with Gasteiger partial charge < -0.3 is 10.1 Å². The summed E-state index contributed by atoms with van der Waals surface area (Å²) in [6, 6.07) is 13.4. The van der Waals surface area contributed by atoms with Gasteiger partial charge in [-0.15, -0.1) is 0 Å². The maximum atomic E-state index is 12.9. The first-order valence-corrected chi connectivity index (χ1v) is 11.7. The van der Waals surface area contributed by atoms with Crippen molar-refractivity contribution in [3.63, 3.8) is 0 Å². The fourth-order valence-electron chi connectivity index (χ4n) is 3.15. The van der Waals surface area contributed by atoms with E-state index >= 15 is 0 Å². The standard InChI is InChI=1S/C22H30N2O4S/c1-5-7-8-17-9-11-18(12-10-17)23-22(25)21(6-2)24(29(4,26)27)19-13-15-20(28-3)16-14-19/h9-16,21H,5-8H2,1-4H3,(H,23,25)/t21-/m0/s1. The number of nitrogens with one attached hydrogen (secondary N) is 1. The van der Waals surface area contributed by atoms with Gasteiger partial charge in [0.2, 0.25) is 15.9 Å². The number of ether oxygens (including phenoxy) is 1. The number of nitrogens with zero attached hydrogens (tertiary/aromatic N) is 1. The van der Waals surface area contributed by atoms with Crippen molar-refractivity contribution in [2.45, 2.75) is 45.6 Å². The minimum absolute atomic E-state index is 0.333. The van der Waals surface area contributed by atoms with Gasteiger partial charge in [0.05, 0.1) is 19.1 Å². The molecule has 0 heterocycles. The van der Waals surface area contributed by atoms with Crippen LogP contribution in [0, 0.1) is 0 Å². The number of hydrogen-bond donors (Lipinski definition) is 1. The zero-order chi connectivity index (χ0) is 21.4. The Morgan fingerprint density at radius 2 is 1.69 bits per heavy atom. The average molecular weight is 419 g/mol. The molecule has 0 spiro atoms. The van der Waals surface area contributed by atoms with Gasteiger partial charge in [0.15, 0.2) is 0 Å². The van der Waals surface area contributed by atoms with Crippen molar-refractivity contribution in [3.8, 4) is 5.75 Å². The molecule has 0 fully saturated rings. The number of carbonyl (C=O) groups is 1. The molecule has 29 heavy (non-hydrogen) atoms. The lowest BCUT2D eigenvalue weighted by molar-refractivity contribution is -0.117. The Balaban J connectivity index is 2.23. The van der Waals surface area contributed by atoms with Crippen LogP contribution in [0.1, 0.15) is 38.7 Å². The molecule has 0 saturated carbocycles. The smallest absolute Gasteiger partial charge is 0.248 e. The lowest BCUT2D eigenvalue weighted by atomic mass is 10.1. The van der Waals surface area contributed by atoms with Gasteiger partial charge in [0.25, 0.3) is 0 Å². The Hall–Kier alpha value is -2.54. The Labute approximate surface area is 173 Å². The fraction of sp³-hybridized carbons (Fsp3) is 0.409. The monoisotopic (exact) mass is 418 g/mol. The number of carbonyl (C=O) groups excluding carboxylic acids is 1. The third-order valence-electron chi connectivity index (χ3n) is 4.70. The molecule has 7 heteroatoms. The lowest BCUT2D eigenvalue weighted by Crippen LogP contribution is -2.46. The van der Waals surface area contributed by atoms with Crippen LogP contribution in [-0.4, -0.2) is 33.7 Å². The molecule has 1 atom stereocenters. The minimum atomic E-state index is -3.67. The quantitative estimate of drug-likeness (QED) is 0.627. The first-order valence-electron chi connectivity index (χ1n) is 9.83. The first kappa shape index (κ1) is 22.7. The molecule has 1 N–H and O–H groups in total. The molecule has 0 bridgehead atoms. The molecule has 2 aromatic carbocycles. The van der Waals surface area contributed by atoms with E-state index in [1.165, 1.54) is 5.56 Å². The largest absolute Gasteiger partial charge is 0.497 e. The topological polar surface area (TPSA) is 75.7 Å². The van der Waals surface area contributed by atoms with Gasteiger partial charge in [-0.1, -0.05) is 32.4 Å². The molecule has 0 aliphatic carbocycles. The Morgan fingerprint density at radius 3 is 2.17 bits per heavy atom. The van der Waals surface area contributed by atoms with Crippen molar-refractivity contribution in [2.75, 3.05) is 23.0 Å². The molecular formula is C22H30N2O4S. The summed E-state index contributed by atoms with van der Waals surface area (Å²) in [5.74, 6) is 0.248. The SMILES string of the molecule is CCCCc1ccc(NC(=O)[C@H](CC)N(c2ccc(OC)cc2)S(C)(=O)=O)cc1. The van der Waals surface area contributed by atoms with Crippen LogP contribution in [0.25, 0.3) is 0 Å². The highest BCUT2D eigenvalue weighted by atomic mass is 32.2. The maximum absolute atomic E-state index is 12.9. The number of unbranched alkanes of at least 4 members (excludes halogenated alkanes) is 1. The van der Waals surface area contributed by atoms with Crippen molar-refractivity contribution in [3.05, 3.63) is 54.1 Å². The van der Waals surface area contributed by atoms with Gasteiger partial charge >= 0.3 is 0 Å². The normalized spacial score (nSPS) is 12.3. The summed E-state index contributed by atoms with van der Waals surface area (Å²) in [6.07, 6.45) is 4.69. The van der Waals surface area contributed by atoms with Gasteiger partial charge in [0.1, 0.15) is 11.8 Å². The number of benzene rings is 2. The van der Waals surface area contributed by atoms with Crippen molar-refractivity contribution < 1.29 is 17.9 Å². The molecule has 2 rings (SSSR count). The van der Waals surface area contributed by atoms with E-state index in [2.05, 4.69) is 12.2 Å². The summed E-state index contributed by atoms with van der Waals surface area (Å²) in [7, 11) is -2.13. The number of anilines is 2. The zero-order valence-corrected chi connectivity index (χ0v) is 18.3. The molecule has 2 aromatic rings. The van der Waals surface area contributed by atoms with Gasteiger partial charge in [-0.3, -0.25) is 9.10 Å². The molecule has 158 valence electrons. The summed E-state index contributed by atoms with van der Waals surface area (Å²) in [5, 5.41) is 2.85. The lowest BCUT2D eigenvalue weighted by Gasteiger charge is -2.30. The van der Waals surface area contributed by atoms with Crippen LogP contribution >= 0.6 is 0 Å². The van der Waals surface area contributed by atoms with E-state index in [4.69, 9.17) is 4.74 Å². The van der Waals surface area contributed by atoms with Crippen LogP contribution in [-0.2, 0) is 21.2 Å². The Kier molecular flexibility index (Phi) is 8.08. The molecule has 0 unspecified atom stereocenters. The van der Waals surface area contributed by atoms with Crippen molar-refractivity contribution in [2.24, 2.45) is 0 Å². The highest BCUT2D eigenvalue weighted by molar-refractivity contribution is 7.92. The minimum Gasteiger partial charge on any atom is -0.497 e. The van der Waals surface area contributed by atoms with E-state index in [-0.39, 0.29) is 5.91 Å². The number of sulfonamides is 1. The highest BCUT2D eigenvalue weighted by Gasteiger charge is 2.31. The Bertz CT molecular complexity index is 893. The number of rotatable bonds is 10. The average Bonchev–Trinajstić information content (AvgIpc) is 2.70. The molecule has 0 aliphatic heterocycles. The zero-order valence-electron chi connectivity index (χ0n) is 17.5. The first-order chi connectivity index (χ1) is 13.8. The van der Waals surface area contributed by atoms with E-state index in [1.807, 2.05) is 24.3 Å². The van der Waals surface area contributed by atoms with Crippen molar-refractivity contribution in [1.29, 1.82) is 0 Å². The third kappa shape index (κ3) is 6.22. The van der Waals surface area contributed by atoms with Crippen LogP contribution in [0.2, 0.25) is 0 Å². The van der Waals surface area contributed by atoms with Crippen LogP contribution in [0.4, 0.5) is 11.4 Å². The molecule has 0 radical (unpaired) electrons. The second-order valence-electron chi connectivity index (χ2n) is 6.97. The van der Waals surface area contributed by atoms with Gasteiger partial charge in [-0.2, -0.15) is 0 Å². The predicted octanol–water partition coefficient (Wildman–Crippen LogP) is 4.22. The summed E-state index contributed by atoms with van der Waals surface area (Å²) in [5.41, 5.74) is 2.29. The second kappa shape index (κ2) is 10.3. The Morgan fingerprint density at radius 1 is 1.07 bits per heavy atom. The molecule has 6 nitrogen and oxygen atoms in total. The summed E-state index contributed by atoms with van der Waals surface area (Å²) < 4.78 is 31.3. The van der Waals surface area contributed by atoms with E-state index < -0.39 is 16.1 Å². The predicted molar refractivity (Wildman–Crippen MR) is 118 cm³/mol. The molecular weight excluding hydrogens is 388 g/mol. The van der Waals surface area contributed by atoms with E-state index in [9.17, 15) is 13.2 Å². The van der Waals surface area contributed by atoms with Crippen LogP contribution in [0.15, 0.2) is 48.5 Å². The van der Waals surface area contributed by atoms with E-state index in [1.54, 1.807) is 38.3 Å². The summed E-state index contributed by atoms with van der Waals surface area (Å²) >= 11 is 0. The van der Waals surface area contributed by atoms with Crippen molar-refractivity contribution >= 4 is 27.3 Å². The van der Waals surface area contributed by atoms with Gasteiger partial charge in [-0.25, -0.2) is 8.42 Å². The summed E-state index contributed by atoms with van der Waals surface area (Å²) in [4.78, 5) is 12.9. The number of hydrogen-bond acceptors (Lipinski definition) is 4. The van der Waals surface area contributed by atoms with Gasteiger partial charge in [-0.05, 0) is 61.2 Å². The molecule has 0 aromatic heterocycles. The summed E-state index contributed by atoms with van der Waals surface area (Å²) in [6.45, 7) is 3.94. The maximum Gasteiger partial charge on any atom is 0.248 e. The van der Waals surface area contributed by atoms with E-state index in [0.29, 0.717) is 23.5 Å². The van der Waals surface area contributed by atoms with Crippen LogP contribution in [0.3, 0.4) is 0 Å². The number of amides is 1. The van der Waals surface area contributed by atoms with E-state index in [0.717, 1.165) is 29.8 Å². The number of methoxy groups -OCH3 is 1. The van der Waals surface area contributed by atoms with Crippen LogP contribution < -0.4 is 14.4 Å². The fourth-order valence-corrected chi connectivity index (χ4v) is 4.36. The molecule has 0 aliphatic rings. The van der Waals surface area contributed by atoms with Crippen LogP contribution in [0.5, 0.6) is 5.75 Å². The highest BCUT2D eigenvalue weighted by Crippen LogP contribution is 2.25. The second-order valence-corrected chi connectivity index (χ2v) is 8.83. The number of aryl methyl sites for hydroxylation is 1. The third-order valence-corrected chi connectivity index (χ3v) is 5.88. The van der Waals surface area contributed by atoms with Crippen molar-refractivity contribution in [1.82, 2.24) is 0 Å². The van der Waals surface area contributed by atoms with Gasteiger partial charge in [0, 0.05) is 5.69 Å². The molecule has 1 amide bonds.